The van der Waals surface area contributed by atoms with Gasteiger partial charge in [0.05, 0.1) is 5.69 Å². The highest BCUT2D eigenvalue weighted by Gasteiger charge is 2.15. The summed E-state index contributed by atoms with van der Waals surface area (Å²) in [6.45, 7) is 2.02. The quantitative estimate of drug-likeness (QED) is 0.746. The molecule has 2 N–H and O–H groups in total. The maximum Gasteiger partial charge on any atom is 0.137 e. The number of aryl methyl sites for hydroxylation is 1. The molecule has 90 valence electrons. The van der Waals surface area contributed by atoms with Gasteiger partial charge in [0.25, 0.3) is 0 Å². The Balaban J connectivity index is 2.07. The van der Waals surface area contributed by atoms with Crippen LogP contribution in [0.4, 0.5) is 0 Å². The fraction of sp³-hybridized carbons (Fsp3) is 0.143. The molecular formula is C14H13N3O. The maximum absolute atomic E-state index is 6.15. The minimum atomic E-state index is -0.361. The van der Waals surface area contributed by atoms with Crippen LogP contribution in [0.2, 0.25) is 0 Å². The third kappa shape index (κ3) is 1.76. The first-order chi connectivity index (χ1) is 8.75. The summed E-state index contributed by atoms with van der Waals surface area (Å²) >= 11 is 0. The summed E-state index contributed by atoms with van der Waals surface area (Å²) in [6.07, 6.45) is 3.17. The molecule has 3 aromatic rings. The number of hydrogen-bond donors (Lipinski definition) is 1. The van der Waals surface area contributed by atoms with Crippen LogP contribution in [0.1, 0.15) is 23.1 Å². The third-order valence-corrected chi connectivity index (χ3v) is 2.99. The normalized spacial score (nSPS) is 12.8. The molecule has 2 aromatic heterocycles. The second kappa shape index (κ2) is 4.23. The van der Waals surface area contributed by atoms with Crippen molar-refractivity contribution in [2.45, 2.75) is 13.0 Å². The SMILES string of the molecule is Cc1cccc2cc(C(N)c3ccncn3)oc12. The van der Waals surface area contributed by atoms with Gasteiger partial charge in [-0.15, -0.1) is 0 Å². The summed E-state index contributed by atoms with van der Waals surface area (Å²) in [4.78, 5) is 8.03. The molecule has 18 heavy (non-hydrogen) atoms. The summed E-state index contributed by atoms with van der Waals surface area (Å²) in [6, 6.07) is 9.45. The molecule has 0 aliphatic heterocycles. The second-order valence-electron chi connectivity index (χ2n) is 4.25. The Bertz CT molecular complexity index is 676. The molecule has 0 spiro atoms. The fourth-order valence-corrected chi connectivity index (χ4v) is 2.01. The number of hydrogen-bond acceptors (Lipinski definition) is 4. The van der Waals surface area contributed by atoms with Gasteiger partial charge in [-0.25, -0.2) is 9.97 Å². The lowest BCUT2D eigenvalue weighted by molar-refractivity contribution is 0.519. The summed E-state index contributed by atoms with van der Waals surface area (Å²) in [5, 5.41) is 1.06. The van der Waals surface area contributed by atoms with Crippen LogP contribution in [0.5, 0.6) is 0 Å². The highest BCUT2D eigenvalue weighted by molar-refractivity contribution is 5.81. The van der Waals surface area contributed by atoms with Gasteiger partial charge < -0.3 is 10.2 Å². The number of para-hydroxylation sites is 1. The number of nitrogens with zero attached hydrogens (tertiary/aromatic N) is 2. The largest absolute Gasteiger partial charge is 0.459 e. The molecule has 0 saturated carbocycles. The zero-order valence-electron chi connectivity index (χ0n) is 10.00. The van der Waals surface area contributed by atoms with E-state index in [4.69, 9.17) is 10.2 Å². The molecule has 0 saturated heterocycles. The van der Waals surface area contributed by atoms with Crippen LogP contribution in [-0.2, 0) is 0 Å². The van der Waals surface area contributed by atoms with Crippen LogP contribution in [0.25, 0.3) is 11.0 Å². The van der Waals surface area contributed by atoms with Crippen molar-refractivity contribution in [1.82, 2.24) is 9.97 Å². The predicted molar refractivity (Wildman–Crippen MR) is 69.0 cm³/mol. The van der Waals surface area contributed by atoms with Crippen molar-refractivity contribution in [3.05, 3.63) is 59.9 Å². The van der Waals surface area contributed by atoms with Crippen LogP contribution in [0, 0.1) is 6.92 Å². The number of nitrogens with two attached hydrogens (primary N) is 1. The van der Waals surface area contributed by atoms with Crippen LogP contribution in [0.15, 0.2) is 47.3 Å². The summed E-state index contributed by atoms with van der Waals surface area (Å²) in [7, 11) is 0. The summed E-state index contributed by atoms with van der Waals surface area (Å²) in [5.74, 6) is 0.720. The van der Waals surface area contributed by atoms with E-state index in [1.807, 2.05) is 31.2 Å². The highest BCUT2D eigenvalue weighted by Crippen LogP contribution is 2.27. The molecule has 0 radical (unpaired) electrons. The Kier molecular flexibility index (Phi) is 2.57. The first-order valence-electron chi connectivity index (χ1n) is 5.76. The molecule has 4 nitrogen and oxygen atoms in total. The smallest absolute Gasteiger partial charge is 0.137 e. The molecule has 0 amide bonds. The van der Waals surface area contributed by atoms with Gasteiger partial charge in [-0.1, -0.05) is 18.2 Å². The first-order valence-corrected chi connectivity index (χ1v) is 5.76. The lowest BCUT2D eigenvalue weighted by Gasteiger charge is -2.06. The van der Waals surface area contributed by atoms with Gasteiger partial charge in [0.15, 0.2) is 0 Å². The van der Waals surface area contributed by atoms with Gasteiger partial charge in [-0.05, 0) is 24.6 Å². The highest BCUT2D eigenvalue weighted by atomic mass is 16.3. The van der Waals surface area contributed by atoms with Gasteiger partial charge in [-0.3, -0.25) is 0 Å². The van der Waals surface area contributed by atoms with Crippen molar-refractivity contribution < 1.29 is 4.42 Å². The third-order valence-electron chi connectivity index (χ3n) is 2.99. The predicted octanol–water partition coefficient (Wildman–Crippen LogP) is 2.58. The maximum atomic E-state index is 6.15. The Morgan fingerprint density at radius 1 is 1.28 bits per heavy atom. The fourth-order valence-electron chi connectivity index (χ4n) is 2.01. The topological polar surface area (TPSA) is 64.9 Å². The zero-order valence-corrected chi connectivity index (χ0v) is 10.00. The molecule has 2 heterocycles. The van der Waals surface area contributed by atoms with Gasteiger partial charge in [0, 0.05) is 11.6 Å². The van der Waals surface area contributed by atoms with Gasteiger partial charge in [-0.2, -0.15) is 0 Å². The number of fused-ring (bicyclic) bond motifs is 1. The van der Waals surface area contributed by atoms with E-state index in [1.54, 1.807) is 12.3 Å². The Labute approximate surface area is 104 Å². The zero-order chi connectivity index (χ0) is 12.5. The number of furan rings is 1. The average Bonchev–Trinajstić information content (AvgIpc) is 2.84. The van der Waals surface area contributed by atoms with Crippen molar-refractivity contribution in [2.24, 2.45) is 5.73 Å². The minimum Gasteiger partial charge on any atom is -0.459 e. The van der Waals surface area contributed by atoms with Crippen LogP contribution >= 0.6 is 0 Å². The van der Waals surface area contributed by atoms with Crippen molar-refractivity contribution in [1.29, 1.82) is 0 Å². The Morgan fingerprint density at radius 2 is 2.17 bits per heavy atom. The number of rotatable bonds is 2. The molecule has 1 unspecified atom stereocenters. The van der Waals surface area contributed by atoms with E-state index in [-0.39, 0.29) is 6.04 Å². The molecule has 4 heteroatoms. The number of benzene rings is 1. The van der Waals surface area contributed by atoms with E-state index in [0.29, 0.717) is 0 Å². The lowest BCUT2D eigenvalue weighted by Crippen LogP contribution is -2.12. The molecule has 0 bridgehead atoms. The van der Waals surface area contributed by atoms with Crippen molar-refractivity contribution in [2.75, 3.05) is 0 Å². The van der Waals surface area contributed by atoms with Crippen LogP contribution in [0.3, 0.4) is 0 Å². The van der Waals surface area contributed by atoms with Gasteiger partial charge >= 0.3 is 0 Å². The van der Waals surface area contributed by atoms with Gasteiger partial charge in [0.1, 0.15) is 23.7 Å². The van der Waals surface area contributed by atoms with Crippen molar-refractivity contribution in [3.8, 4) is 0 Å². The lowest BCUT2D eigenvalue weighted by atomic mass is 10.1. The Morgan fingerprint density at radius 3 is 2.89 bits per heavy atom. The van der Waals surface area contributed by atoms with E-state index in [1.165, 1.54) is 6.33 Å². The standard InChI is InChI=1S/C14H13N3O/c1-9-3-2-4-10-7-12(18-14(9)10)13(15)11-5-6-16-8-17-11/h2-8,13H,15H2,1H3. The molecular weight excluding hydrogens is 226 g/mol. The van der Waals surface area contributed by atoms with Crippen molar-refractivity contribution >= 4 is 11.0 Å². The molecule has 1 aromatic carbocycles. The first kappa shape index (κ1) is 10.9. The molecule has 1 atom stereocenters. The van der Waals surface area contributed by atoms with E-state index in [0.717, 1.165) is 28.0 Å². The summed E-state index contributed by atoms with van der Waals surface area (Å²) < 4.78 is 5.83. The van der Waals surface area contributed by atoms with Crippen LogP contribution < -0.4 is 5.73 Å². The van der Waals surface area contributed by atoms with E-state index in [2.05, 4.69) is 9.97 Å². The second-order valence-corrected chi connectivity index (χ2v) is 4.25. The Hall–Kier alpha value is -2.20. The van der Waals surface area contributed by atoms with E-state index in [9.17, 15) is 0 Å². The van der Waals surface area contributed by atoms with E-state index < -0.39 is 0 Å². The minimum absolute atomic E-state index is 0.361. The summed E-state index contributed by atoms with van der Waals surface area (Å²) in [5.41, 5.74) is 8.89. The average molecular weight is 239 g/mol. The molecule has 0 aliphatic rings. The monoisotopic (exact) mass is 239 g/mol. The van der Waals surface area contributed by atoms with Gasteiger partial charge in [0.2, 0.25) is 0 Å². The van der Waals surface area contributed by atoms with Crippen molar-refractivity contribution in [3.63, 3.8) is 0 Å². The van der Waals surface area contributed by atoms with Crippen LogP contribution in [-0.4, -0.2) is 9.97 Å². The molecule has 0 aliphatic carbocycles. The van der Waals surface area contributed by atoms with E-state index >= 15 is 0 Å². The molecule has 0 fully saturated rings. The molecule has 3 rings (SSSR count). The number of aromatic nitrogens is 2.